The molecule has 10 nitrogen and oxygen atoms in total. The number of rotatable bonds is 3. The van der Waals surface area contributed by atoms with E-state index in [1.165, 1.54) is 19.6 Å². The first-order valence-electron chi connectivity index (χ1n) is 31.9. The molecule has 0 radical (unpaired) electrons. The molecule has 0 saturated carbocycles. The number of hydrogen-bond donors (Lipinski definition) is 0. The van der Waals surface area contributed by atoms with Gasteiger partial charge in [-0.05, 0) is 0 Å². The van der Waals surface area contributed by atoms with Crippen molar-refractivity contribution in [3.05, 3.63) is 242 Å². The fraction of sp³-hybridized carbons (Fsp3) is 0.0725. The fourth-order valence-corrected chi connectivity index (χ4v) is 17.5. The molecule has 400 valence electrons. The maximum atomic E-state index is 9.19. The summed E-state index contributed by atoms with van der Waals surface area (Å²) < 4.78 is 111. The summed E-state index contributed by atoms with van der Waals surface area (Å²) in [4.78, 5) is 17.3. The van der Waals surface area contributed by atoms with Gasteiger partial charge in [0.1, 0.15) is 0 Å². The zero-order valence-corrected chi connectivity index (χ0v) is 47.4. The number of fused-ring (bicyclic) bond motifs is 24. The van der Waals surface area contributed by atoms with Crippen molar-refractivity contribution in [3.8, 4) is 11.1 Å². The fourth-order valence-electron chi connectivity index (χ4n) is 11.3. The van der Waals surface area contributed by atoms with Gasteiger partial charge in [-0.3, -0.25) is 0 Å². The standard InChI is InChI=1S/C69H50N10.2Pt/c1-49-37-58(76-47-72(4)64-27-11-15-31-68(64)76)43-60(38-49)78(56-23-17-21-54(41-56)74-45-70(2)62-25-9-13-29-66(62)74)52-33-35-53(36-34-52)79(57-24-18-22-55(42-57)75-46-71(3)63-26-10-14-30-67(63)75)61-40-51(50-19-7-6-8-20-50)39-59(44-61)77-48-73(5)65-28-12-16-32-69(65)77;;/h6-40H,1-5H3;;/q-4;;/i2D3,3D3,4D3,5D3;;. The topological polar surface area (TPSA) is 32.4 Å². The van der Waals surface area contributed by atoms with Crippen LogP contribution in [-0.4, -0.2) is 44.5 Å². The van der Waals surface area contributed by atoms with E-state index in [0.717, 1.165) is 16.7 Å². The van der Waals surface area contributed by atoms with Crippen LogP contribution in [0.3, 0.4) is 0 Å². The van der Waals surface area contributed by atoms with Gasteiger partial charge < -0.3 is 0 Å². The summed E-state index contributed by atoms with van der Waals surface area (Å²) in [6, 6.07) is 81.9. The van der Waals surface area contributed by atoms with Crippen molar-refractivity contribution >= 4 is 119 Å². The zero-order valence-electron chi connectivity index (χ0n) is 54.8. The molecule has 10 aromatic carbocycles. The molecule has 8 bridgehead atoms. The van der Waals surface area contributed by atoms with Crippen LogP contribution in [0.4, 0.5) is 102 Å². The molecule has 6 heterocycles. The SMILES string of the molecule is [2H]C([2H])([2H])N1[C]2=[Pt]=[C]3N(c4[c-]c(cc(C)c4)N(c4ccc(N5c6[c-]c(ccc6)N6[C](=[Pt]=[C]7N(c8[c-]c5cc(-c5ccccc5)c8)c5ccccc5N7C([2H])([2H])[2H])N(C([2H])([2H])[2H])c5ccccc56)cc4)c4[c-]c(ccc4)N2c2ccccc21)c1ccccc1N3C([2H])([2H])[2H]. The van der Waals surface area contributed by atoms with E-state index in [0.29, 0.717) is 119 Å². The Labute approximate surface area is 505 Å². The van der Waals surface area contributed by atoms with E-state index in [1.807, 2.05) is 200 Å². The van der Waals surface area contributed by atoms with Crippen molar-refractivity contribution in [2.75, 3.05) is 76.9 Å². The van der Waals surface area contributed by atoms with E-state index in [4.69, 9.17) is 12.3 Å². The Bertz CT molecular complexity index is 4910. The van der Waals surface area contributed by atoms with Crippen LogP contribution in [0.5, 0.6) is 0 Å². The Balaban J connectivity index is 0.930. The summed E-state index contributed by atoms with van der Waals surface area (Å²) in [5.41, 5.74) is 12.6. The van der Waals surface area contributed by atoms with Crippen molar-refractivity contribution < 1.29 is 51.7 Å². The third-order valence-electron chi connectivity index (χ3n) is 14.9. The number of anilines is 18. The molecule has 0 unspecified atom stereocenters. The van der Waals surface area contributed by atoms with E-state index in [-0.39, 0.29) is 0 Å². The average Bonchev–Trinajstić information content (AvgIpc) is 1.59. The number of nitrogens with zero attached hydrogens (tertiary/aromatic N) is 10. The quantitative estimate of drug-likeness (QED) is 0.160. The second kappa shape index (κ2) is 18.6. The molecule has 6 aliphatic rings. The summed E-state index contributed by atoms with van der Waals surface area (Å²) in [5.74, 6) is 0. The van der Waals surface area contributed by atoms with Gasteiger partial charge in [0.25, 0.3) is 0 Å². The van der Waals surface area contributed by atoms with Crippen LogP contribution in [0.25, 0.3) is 11.1 Å². The molecule has 12 heteroatoms. The van der Waals surface area contributed by atoms with Crippen LogP contribution in [0.1, 0.15) is 22.0 Å². The Morgan fingerprint density at radius 1 is 0.284 bits per heavy atom. The monoisotopic (exact) mass is 1420 g/mol. The van der Waals surface area contributed by atoms with Crippen LogP contribution >= 0.6 is 0 Å². The second-order valence-corrected chi connectivity index (χ2v) is 24.9. The van der Waals surface area contributed by atoms with Crippen LogP contribution in [0, 0.1) is 31.2 Å². The number of benzene rings is 10. The maximum absolute atomic E-state index is 9.19. The number of para-hydroxylation sites is 8. The van der Waals surface area contributed by atoms with E-state index in [9.17, 15) is 4.11 Å². The molecule has 0 saturated heterocycles. The molecule has 0 atom stereocenters. The predicted octanol–water partition coefficient (Wildman–Crippen LogP) is 14.7. The Kier molecular flexibility index (Phi) is 8.50. The molecule has 0 N–H and O–H groups in total. The van der Waals surface area contributed by atoms with Gasteiger partial charge in [-0.15, -0.1) is 0 Å². The first kappa shape index (κ1) is 37.1. The van der Waals surface area contributed by atoms with Crippen LogP contribution in [0.2, 0.25) is 0 Å². The van der Waals surface area contributed by atoms with Gasteiger partial charge in [-0.1, -0.05) is 0 Å². The third-order valence-corrected chi connectivity index (χ3v) is 21.0. The summed E-state index contributed by atoms with van der Waals surface area (Å²) in [6.45, 7) is -8.77. The third kappa shape index (κ3) is 7.46. The minimum absolute atomic E-state index is 0.401. The van der Waals surface area contributed by atoms with Crippen molar-refractivity contribution in [3.63, 3.8) is 0 Å². The van der Waals surface area contributed by atoms with Crippen molar-refractivity contribution in [1.29, 1.82) is 0 Å². The molecule has 81 heavy (non-hydrogen) atoms. The molecule has 10 aromatic rings. The molecule has 0 spiro atoms. The van der Waals surface area contributed by atoms with E-state index in [2.05, 4.69) is 30.3 Å². The van der Waals surface area contributed by atoms with Crippen LogP contribution in [0.15, 0.2) is 212 Å². The first-order valence-corrected chi connectivity index (χ1v) is 30.5. The normalized spacial score (nSPS) is 18.5. The number of aryl methyl sites for hydroxylation is 1. The molecule has 0 aliphatic carbocycles. The van der Waals surface area contributed by atoms with Crippen molar-refractivity contribution in [2.24, 2.45) is 0 Å². The number of hydrogen-bond acceptors (Lipinski definition) is 10. The summed E-state index contributed by atoms with van der Waals surface area (Å²) in [7, 11) is 0. The molecular weight excluding hydrogens is 1360 g/mol. The van der Waals surface area contributed by atoms with Gasteiger partial charge >= 0.3 is 508 Å². The van der Waals surface area contributed by atoms with Crippen LogP contribution in [-0.2, 0) is 35.3 Å². The second-order valence-electron chi connectivity index (χ2n) is 19.7. The molecule has 0 aromatic heterocycles. The molecule has 6 aliphatic heterocycles. The van der Waals surface area contributed by atoms with Gasteiger partial charge in [0, 0.05) is 0 Å². The van der Waals surface area contributed by atoms with Gasteiger partial charge in [0.2, 0.25) is 0 Å². The van der Waals surface area contributed by atoms with E-state index < -0.39 is 63.2 Å². The predicted molar refractivity (Wildman–Crippen MR) is 329 cm³/mol. The zero-order chi connectivity index (χ0) is 64.2. The van der Waals surface area contributed by atoms with Gasteiger partial charge in [0.05, 0.1) is 0 Å². The average molecular weight is 1420 g/mol. The van der Waals surface area contributed by atoms with Gasteiger partial charge in [0.15, 0.2) is 0 Å². The molecule has 0 fully saturated rings. The Hall–Kier alpha value is -8.94. The van der Waals surface area contributed by atoms with Gasteiger partial charge in [-0.25, -0.2) is 0 Å². The minimum atomic E-state index is -2.70. The summed E-state index contributed by atoms with van der Waals surface area (Å²) in [6.07, 6.45) is 0. The molecule has 0 amide bonds. The summed E-state index contributed by atoms with van der Waals surface area (Å²) >= 11 is -3.46. The summed E-state index contributed by atoms with van der Waals surface area (Å²) in [5, 5.41) is 0. The van der Waals surface area contributed by atoms with Crippen LogP contribution < -0.4 is 49.0 Å². The Morgan fingerprint density at radius 2 is 0.580 bits per heavy atom. The molecule has 16 rings (SSSR count). The first-order chi connectivity index (χ1) is 44.6. The molecular formula is C69H50N10Pt2-4. The van der Waals surface area contributed by atoms with Crippen molar-refractivity contribution in [1.82, 2.24) is 0 Å². The Morgan fingerprint density at radius 3 is 0.963 bits per heavy atom. The van der Waals surface area contributed by atoms with Crippen molar-refractivity contribution in [2.45, 2.75) is 6.92 Å². The van der Waals surface area contributed by atoms with Gasteiger partial charge in [-0.2, -0.15) is 0 Å². The van der Waals surface area contributed by atoms with E-state index in [1.54, 1.807) is 42.5 Å². The van der Waals surface area contributed by atoms with E-state index >= 15 is 0 Å².